The van der Waals surface area contributed by atoms with Crippen LogP contribution in [0.2, 0.25) is 0 Å². The molecule has 1 rings (SSSR count). The number of aldehydes is 1. The van der Waals surface area contributed by atoms with Crippen molar-refractivity contribution < 1.29 is 19.4 Å². The maximum Gasteiger partial charge on any atom is 0.326 e. The molecule has 4 heteroatoms. The number of esters is 1. The van der Waals surface area contributed by atoms with Gasteiger partial charge in [0, 0.05) is 0 Å². The summed E-state index contributed by atoms with van der Waals surface area (Å²) in [6, 6.07) is 8.42. The summed E-state index contributed by atoms with van der Waals surface area (Å²) in [7, 11) is 0. The predicted molar refractivity (Wildman–Crippen MR) is 62.5 cm³/mol. The van der Waals surface area contributed by atoms with Gasteiger partial charge in [-0.05, 0) is 19.4 Å². The lowest BCUT2D eigenvalue weighted by atomic mass is 9.77. The number of carbonyl (C=O) groups excluding carboxylic acids is 2. The molecule has 92 valence electrons. The van der Waals surface area contributed by atoms with Gasteiger partial charge in [-0.2, -0.15) is 0 Å². The van der Waals surface area contributed by atoms with Gasteiger partial charge in [0.05, 0.1) is 12.7 Å². The third-order valence-electron chi connectivity index (χ3n) is 2.71. The molecule has 1 aromatic rings. The van der Waals surface area contributed by atoms with Crippen LogP contribution in [0, 0.1) is 0 Å². The van der Waals surface area contributed by atoms with Crippen LogP contribution in [-0.2, 0) is 19.7 Å². The largest absolute Gasteiger partial charge is 0.465 e. The van der Waals surface area contributed by atoms with E-state index in [9.17, 15) is 14.7 Å². The van der Waals surface area contributed by atoms with Gasteiger partial charge >= 0.3 is 5.97 Å². The van der Waals surface area contributed by atoms with Gasteiger partial charge < -0.3 is 14.6 Å². The first-order chi connectivity index (χ1) is 8.09. The number of aliphatic hydroxyl groups excluding tert-OH is 1. The van der Waals surface area contributed by atoms with E-state index in [2.05, 4.69) is 0 Å². The van der Waals surface area contributed by atoms with Crippen LogP contribution in [0.1, 0.15) is 19.4 Å². The molecule has 0 spiro atoms. The summed E-state index contributed by atoms with van der Waals surface area (Å²) in [5, 5.41) is 9.78. The van der Waals surface area contributed by atoms with Gasteiger partial charge in [0.1, 0.15) is 6.29 Å². The standard InChI is InChI=1S/C13H16O4/c1-3-17-12(16)13(9-14,10(2)15)11-7-5-4-6-8-11/h4-10,15H,3H2,1-2H3. The molecule has 0 aliphatic rings. The molecule has 1 N–H and O–H groups in total. The summed E-state index contributed by atoms with van der Waals surface area (Å²) in [6.45, 7) is 3.22. The van der Waals surface area contributed by atoms with Crippen LogP contribution in [0.25, 0.3) is 0 Å². The lowest BCUT2D eigenvalue weighted by Crippen LogP contribution is -2.48. The molecule has 0 amide bonds. The highest BCUT2D eigenvalue weighted by Crippen LogP contribution is 2.27. The van der Waals surface area contributed by atoms with E-state index in [1.165, 1.54) is 6.92 Å². The smallest absolute Gasteiger partial charge is 0.326 e. The van der Waals surface area contributed by atoms with Crippen LogP contribution < -0.4 is 0 Å². The number of ether oxygens (including phenoxy) is 1. The van der Waals surface area contributed by atoms with Gasteiger partial charge in [-0.15, -0.1) is 0 Å². The maximum atomic E-state index is 11.9. The van der Waals surface area contributed by atoms with Crippen LogP contribution in [0.5, 0.6) is 0 Å². The zero-order chi connectivity index (χ0) is 12.9. The van der Waals surface area contributed by atoms with Crippen LogP contribution in [0.4, 0.5) is 0 Å². The molecular weight excluding hydrogens is 220 g/mol. The monoisotopic (exact) mass is 236 g/mol. The fourth-order valence-electron chi connectivity index (χ4n) is 1.71. The zero-order valence-electron chi connectivity index (χ0n) is 9.92. The molecule has 0 radical (unpaired) electrons. The van der Waals surface area contributed by atoms with Crippen molar-refractivity contribution in [2.75, 3.05) is 6.61 Å². The molecule has 0 aliphatic heterocycles. The first-order valence-electron chi connectivity index (χ1n) is 5.46. The fraction of sp³-hybridized carbons (Fsp3) is 0.385. The average Bonchev–Trinajstić information content (AvgIpc) is 2.32. The van der Waals surface area contributed by atoms with E-state index in [1.54, 1.807) is 37.3 Å². The topological polar surface area (TPSA) is 63.6 Å². The summed E-state index contributed by atoms with van der Waals surface area (Å²) >= 11 is 0. The van der Waals surface area contributed by atoms with Crippen molar-refractivity contribution in [3.8, 4) is 0 Å². The van der Waals surface area contributed by atoms with E-state index in [0.717, 1.165) is 0 Å². The molecule has 1 aromatic carbocycles. The normalized spacial score (nSPS) is 15.7. The second kappa shape index (κ2) is 5.59. The first kappa shape index (κ1) is 13.4. The number of aliphatic hydroxyl groups is 1. The minimum atomic E-state index is -1.64. The number of benzene rings is 1. The van der Waals surface area contributed by atoms with Gasteiger partial charge in [0.25, 0.3) is 0 Å². The highest BCUT2D eigenvalue weighted by Gasteiger charge is 2.46. The first-order valence-corrected chi connectivity index (χ1v) is 5.46. The Labute approximate surface area is 100 Å². The van der Waals surface area contributed by atoms with Crippen LogP contribution >= 0.6 is 0 Å². The Balaban J connectivity index is 3.28. The summed E-state index contributed by atoms with van der Waals surface area (Å²) in [6.07, 6.45) is -0.702. The molecule has 2 atom stereocenters. The molecule has 0 bridgehead atoms. The molecule has 4 nitrogen and oxygen atoms in total. The molecule has 2 unspecified atom stereocenters. The summed E-state index contributed by atoms with van der Waals surface area (Å²) in [5.41, 5.74) is -1.21. The Morgan fingerprint density at radius 3 is 2.47 bits per heavy atom. The van der Waals surface area contributed by atoms with E-state index in [4.69, 9.17) is 4.74 Å². The van der Waals surface area contributed by atoms with Crippen molar-refractivity contribution in [1.82, 2.24) is 0 Å². The second-order valence-electron chi connectivity index (χ2n) is 3.75. The Hall–Kier alpha value is -1.68. The number of hydrogen-bond donors (Lipinski definition) is 1. The Morgan fingerprint density at radius 1 is 1.47 bits per heavy atom. The van der Waals surface area contributed by atoms with Crippen molar-refractivity contribution in [1.29, 1.82) is 0 Å². The molecule has 17 heavy (non-hydrogen) atoms. The van der Waals surface area contributed by atoms with Crippen LogP contribution in [-0.4, -0.2) is 30.1 Å². The van der Waals surface area contributed by atoms with E-state index in [-0.39, 0.29) is 6.61 Å². The Kier molecular flexibility index (Phi) is 4.40. The zero-order valence-corrected chi connectivity index (χ0v) is 9.92. The average molecular weight is 236 g/mol. The minimum absolute atomic E-state index is 0.161. The summed E-state index contributed by atoms with van der Waals surface area (Å²) < 4.78 is 4.88. The molecule has 0 aliphatic carbocycles. The van der Waals surface area contributed by atoms with Crippen LogP contribution in [0.15, 0.2) is 30.3 Å². The molecule has 0 fully saturated rings. The van der Waals surface area contributed by atoms with E-state index < -0.39 is 17.5 Å². The van der Waals surface area contributed by atoms with Crippen LogP contribution in [0.3, 0.4) is 0 Å². The molecule has 0 saturated carbocycles. The minimum Gasteiger partial charge on any atom is -0.465 e. The SMILES string of the molecule is CCOC(=O)C(C=O)(c1ccccc1)C(C)O. The third-order valence-corrected chi connectivity index (χ3v) is 2.71. The van der Waals surface area contributed by atoms with E-state index in [1.807, 2.05) is 0 Å². The predicted octanol–water partition coefficient (Wildman–Crippen LogP) is 1.07. The summed E-state index contributed by atoms with van der Waals surface area (Å²) in [4.78, 5) is 23.2. The number of rotatable bonds is 5. The van der Waals surface area contributed by atoms with Crippen molar-refractivity contribution in [3.63, 3.8) is 0 Å². The Bertz CT molecular complexity index is 386. The molecule has 0 saturated heterocycles. The molecule has 0 heterocycles. The van der Waals surface area contributed by atoms with Crippen molar-refractivity contribution in [2.24, 2.45) is 0 Å². The van der Waals surface area contributed by atoms with Gasteiger partial charge in [0.2, 0.25) is 0 Å². The fourth-order valence-corrected chi connectivity index (χ4v) is 1.71. The van der Waals surface area contributed by atoms with Gasteiger partial charge in [0.15, 0.2) is 5.41 Å². The number of carbonyl (C=O) groups is 2. The van der Waals surface area contributed by atoms with Crippen molar-refractivity contribution >= 4 is 12.3 Å². The van der Waals surface area contributed by atoms with E-state index in [0.29, 0.717) is 11.8 Å². The van der Waals surface area contributed by atoms with Gasteiger partial charge in [-0.3, -0.25) is 4.79 Å². The quantitative estimate of drug-likeness (QED) is 0.472. The molecular formula is C13H16O4. The highest BCUT2D eigenvalue weighted by atomic mass is 16.5. The Morgan fingerprint density at radius 2 is 2.06 bits per heavy atom. The van der Waals surface area contributed by atoms with Crippen molar-refractivity contribution in [2.45, 2.75) is 25.4 Å². The molecule has 0 aromatic heterocycles. The number of hydrogen-bond acceptors (Lipinski definition) is 4. The lowest BCUT2D eigenvalue weighted by Gasteiger charge is -2.28. The third kappa shape index (κ3) is 2.36. The van der Waals surface area contributed by atoms with Gasteiger partial charge in [-0.1, -0.05) is 30.3 Å². The highest BCUT2D eigenvalue weighted by molar-refractivity contribution is 6.00. The maximum absolute atomic E-state index is 11.9. The van der Waals surface area contributed by atoms with E-state index >= 15 is 0 Å². The lowest BCUT2D eigenvalue weighted by molar-refractivity contribution is -0.156. The summed E-state index contributed by atoms with van der Waals surface area (Å²) in [5.74, 6) is -0.726. The van der Waals surface area contributed by atoms with Gasteiger partial charge in [-0.25, -0.2) is 0 Å². The second-order valence-corrected chi connectivity index (χ2v) is 3.75. The van der Waals surface area contributed by atoms with Crippen molar-refractivity contribution in [3.05, 3.63) is 35.9 Å².